The van der Waals surface area contributed by atoms with E-state index >= 15 is 0 Å². The molecule has 0 spiro atoms. The maximum atomic E-state index is 9.37. The molecule has 1 aliphatic heterocycles. The van der Waals surface area contributed by atoms with Crippen LogP contribution in [0.3, 0.4) is 0 Å². The van der Waals surface area contributed by atoms with Gasteiger partial charge in [0, 0.05) is 5.56 Å². The standard InChI is InChI=1S/C20H22N8O/c1-2-3-4-9-29-13-7-5-12(6-8-13)17-15-16(23)14(10-21)18(24)27-19(15)28-20(26-17)25-11-22/h5-8,17H,2-4,9H2,1H3,(H6,23,24,25,26,27,28). The van der Waals surface area contributed by atoms with Crippen molar-refractivity contribution in [3.8, 4) is 18.0 Å². The molecule has 2 heterocycles. The van der Waals surface area contributed by atoms with Crippen LogP contribution in [-0.4, -0.2) is 17.6 Å². The highest BCUT2D eigenvalue weighted by Crippen LogP contribution is 2.40. The second-order valence-corrected chi connectivity index (χ2v) is 6.53. The summed E-state index contributed by atoms with van der Waals surface area (Å²) in [6, 6.07) is 8.91. The van der Waals surface area contributed by atoms with Crippen LogP contribution in [0.25, 0.3) is 0 Å². The first-order chi connectivity index (χ1) is 14.1. The third-order valence-corrected chi connectivity index (χ3v) is 4.57. The van der Waals surface area contributed by atoms with Crippen molar-refractivity contribution in [1.29, 1.82) is 10.5 Å². The Morgan fingerprint density at radius 2 is 1.97 bits per heavy atom. The number of nitriles is 2. The first-order valence-corrected chi connectivity index (χ1v) is 9.30. The largest absolute Gasteiger partial charge is 0.494 e. The zero-order chi connectivity index (χ0) is 20.8. The minimum absolute atomic E-state index is 0.0176. The van der Waals surface area contributed by atoms with Crippen molar-refractivity contribution in [3.63, 3.8) is 0 Å². The van der Waals surface area contributed by atoms with E-state index in [-0.39, 0.29) is 23.0 Å². The molecule has 148 valence electrons. The molecule has 1 aromatic heterocycles. The van der Waals surface area contributed by atoms with Crippen molar-refractivity contribution < 1.29 is 4.74 Å². The van der Waals surface area contributed by atoms with Gasteiger partial charge in [0.25, 0.3) is 0 Å². The summed E-state index contributed by atoms with van der Waals surface area (Å²) in [6.07, 6.45) is 5.10. The summed E-state index contributed by atoms with van der Waals surface area (Å²) in [7, 11) is 0. The van der Waals surface area contributed by atoms with Crippen LogP contribution in [0, 0.1) is 22.8 Å². The highest BCUT2D eigenvalue weighted by Gasteiger charge is 2.29. The average Bonchev–Trinajstić information content (AvgIpc) is 2.71. The van der Waals surface area contributed by atoms with Crippen LogP contribution < -0.4 is 26.8 Å². The number of ether oxygens (including phenoxy) is 1. The average molecular weight is 390 g/mol. The second kappa shape index (κ2) is 8.81. The summed E-state index contributed by atoms with van der Waals surface area (Å²) < 4.78 is 5.76. The van der Waals surface area contributed by atoms with Crippen LogP contribution in [0.15, 0.2) is 29.3 Å². The molecule has 0 fully saturated rings. The SMILES string of the molecule is CCCCCOc1ccc(C2N=C(NC#N)Nc3nc(N)c(C#N)c(N)c32)cc1. The summed E-state index contributed by atoms with van der Waals surface area (Å²) in [5, 5.41) is 23.7. The topological polar surface area (TPSA) is 158 Å². The molecule has 1 unspecified atom stereocenters. The Kier molecular flexibility index (Phi) is 6.00. The Morgan fingerprint density at radius 3 is 2.62 bits per heavy atom. The molecule has 29 heavy (non-hydrogen) atoms. The molecule has 0 saturated carbocycles. The fraction of sp³-hybridized carbons (Fsp3) is 0.300. The van der Waals surface area contributed by atoms with Gasteiger partial charge in [-0.05, 0) is 24.1 Å². The molecule has 0 amide bonds. The van der Waals surface area contributed by atoms with Crippen LogP contribution in [0.5, 0.6) is 5.75 Å². The van der Waals surface area contributed by atoms with E-state index in [0.29, 0.717) is 18.0 Å². The van der Waals surface area contributed by atoms with Crippen molar-refractivity contribution in [2.75, 3.05) is 23.4 Å². The maximum Gasteiger partial charge on any atom is 0.211 e. The van der Waals surface area contributed by atoms with E-state index in [2.05, 4.69) is 27.5 Å². The Morgan fingerprint density at radius 1 is 1.21 bits per heavy atom. The third kappa shape index (κ3) is 4.14. The van der Waals surface area contributed by atoms with Crippen molar-refractivity contribution in [1.82, 2.24) is 10.3 Å². The van der Waals surface area contributed by atoms with Crippen molar-refractivity contribution in [2.24, 2.45) is 4.99 Å². The van der Waals surface area contributed by atoms with Crippen LogP contribution in [0.2, 0.25) is 0 Å². The monoisotopic (exact) mass is 390 g/mol. The van der Waals surface area contributed by atoms with E-state index in [0.717, 1.165) is 30.6 Å². The molecule has 3 rings (SSSR count). The number of nitrogens with one attached hydrogen (secondary N) is 2. The number of nitrogen functional groups attached to an aromatic ring is 2. The Hall–Kier alpha value is -3.98. The molecule has 0 aliphatic carbocycles. The lowest BCUT2D eigenvalue weighted by atomic mass is 9.95. The first kappa shape index (κ1) is 19.8. The number of aliphatic imine (C=N–C) groups is 1. The van der Waals surface area contributed by atoms with Crippen LogP contribution >= 0.6 is 0 Å². The van der Waals surface area contributed by atoms with E-state index in [1.807, 2.05) is 36.5 Å². The predicted octanol–water partition coefficient (Wildman–Crippen LogP) is 2.63. The number of nitrogens with two attached hydrogens (primary N) is 2. The summed E-state index contributed by atoms with van der Waals surface area (Å²) >= 11 is 0. The molecule has 0 bridgehead atoms. The summed E-state index contributed by atoms with van der Waals surface area (Å²) in [5.41, 5.74) is 13.8. The van der Waals surface area contributed by atoms with Gasteiger partial charge >= 0.3 is 0 Å². The Balaban J connectivity index is 1.96. The smallest absolute Gasteiger partial charge is 0.211 e. The van der Waals surface area contributed by atoms with E-state index in [4.69, 9.17) is 21.5 Å². The maximum absolute atomic E-state index is 9.37. The number of nitrogens with zero attached hydrogens (tertiary/aromatic N) is 4. The lowest BCUT2D eigenvalue weighted by molar-refractivity contribution is 0.306. The van der Waals surface area contributed by atoms with E-state index in [1.165, 1.54) is 0 Å². The molecule has 9 heteroatoms. The molecule has 1 atom stereocenters. The number of fused-ring (bicyclic) bond motifs is 1. The van der Waals surface area contributed by atoms with E-state index < -0.39 is 6.04 Å². The zero-order valence-electron chi connectivity index (χ0n) is 16.1. The van der Waals surface area contributed by atoms with Crippen LogP contribution in [0.4, 0.5) is 17.3 Å². The van der Waals surface area contributed by atoms with Gasteiger partial charge in [-0.25, -0.2) is 9.98 Å². The van der Waals surface area contributed by atoms with Gasteiger partial charge in [-0.15, -0.1) is 0 Å². The number of hydrogen-bond donors (Lipinski definition) is 4. The number of pyridine rings is 1. The number of guanidine groups is 1. The minimum Gasteiger partial charge on any atom is -0.494 e. The van der Waals surface area contributed by atoms with Gasteiger partial charge in [-0.3, -0.25) is 5.32 Å². The summed E-state index contributed by atoms with van der Waals surface area (Å²) in [5.74, 6) is 1.36. The number of benzene rings is 1. The van der Waals surface area contributed by atoms with Crippen molar-refractivity contribution >= 4 is 23.3 Å². The van der Waals surface area contributed by atoms with Gasteiger partial charge in [-0.2, -0.15) is 10.5 Å². The Bertz CT molecular complexity index is 1000. The Labute approximate surface area is 169 Å². The number of unbranched alkanes of at least 4 members (excludes halogenated alkanes) is 2. The van der Waals surface area contributed by atoms with Gasteiger partial charge < -0.3 is 21.5 Å². The van der Waals surface area contributed by atoms with Crippen molar-refractivity contribution in [2.45, 2.75) is 32.2 Å². The second-order valence-electron chi connectivity index (χ2n) is 6.53. The number of hydrogen-bond acceptors (Lipinski definition) is 9. The molecule has 0 radical (unpaired) electrons. The molecule has 1 aromatic carbocycles. The lowest BCUT2D eigenvalue weighted by Crippen LogP contribution is -2.32. The van der Waals surface area contributed by atoms with E-state index in [1.54, 1.807) is 0 Å². The highest BCUT2D eigenvalue weighted by atomic mass is 16.5. The molecular formula is C20H22N8O. The number of rotatable bonds is 6. The highest BCUT2D eigenvalue weighted by molar-refractivity contribution is 5.98. The minimum atomic E-state index is -0.559. The van der Waals surface area contributed by atoms with Gasteiger partial charge in [0.1, 0.15) is 35.1 Å². The molecular weight excluding hydrogens is 368 g/mol. The van der Waals surface area contributed by atoms with Crippen LogP contribution in [-0.2, 0) is 0 Å². The quantitative estimate of drug-likeness (QED) is 0.333. The molecule has 6 N–H and O–H groups in total. The normalized spacial score (nSPS) is 14.6. The van der Waals surface area contributed by atoms with Crippen molar-refractivity contribution in [3.05, 3.63) is 41.0 Å². The first-order valence-electron chi connectivity index (χ1n) is 9.30. The molecule has 9 nitrogen and oxygen atoms in total. The predicted molar refractivity (Wildman–Crippen MR) is 111 cm³/mol. The number of aromatic nitrogens is 1. The molecule has 0 saturated heterocycles. The van der Waals surface area contributed by atoms with Gasteiger partial charge in [0.05, 0.1) is 12.3 Å². The van der Waals surface area contributed by atoms with Crippen LogP contribution in [0.1, 0.15) is 48.9 Å². The summed E-state index contributed by atoms with van der Waals surface area (Å²) in [4.78, 5) is 8.76. The molecule has 1 aliphatic rings. The van der Waals surface area contributed by atoms with Gasteiger partial charge in [0.2, 0.25) is 5.96 Å². The molecule has 2 aromatic rings. The summed E-state index contributed by atoms with van der Waals surface area (Å²) in [6.45, 7) is 2.81. The zero-order valence-corrected chi connectivity index (χ0v) is 16.1. The fourth-order valence-corrected chi connectivity index (χ4v) is 3.11. The third-order valence-electron chi connectivity index (χ3n) is 4.57. The van der Waals surface area contributed by atoms with Gasteiger partial charge in [0.15, 0.2) is 6.19 Å². The fourth-order valence-electron chi connectivity index (χ4n) is 3.11. The van der Waals surface area contributed by atoms with E-state index in [9.17, 15) is 5.26 Å². The lowest BCUT2D eigenvalue weighted by Gasteiger charge is -2.26. The van der Waals surface area contributed by atoms with Gasteiger partial charge in [-0.1, -0.05) is 31.9 Å². The number of anilines is 3.